The Hall–Kier alpha value is -0.493. The Morgan fingerprint density at radius 1 is 1.40 bits per heavy atom. The molecule has 0 saturated carbocycles. The first-order chi connectivity index (χ1) is 6.93. The van der Waals surface area contributed by atoms with Crippen LogP contribution in [0.25, 0.3) is 0 Å². The zero-order valence-corrected chi connectivity index (χ0v) is 10.6. The second kappa shape index (κ2) is 6.17. The predicted molar refractivity (Wildman–Crippen MR) is 57.7 cm³/mol. The third-order valence-corrected chi connectivity index (χ3v) is 2.57. The summed E-state index contributed by atoms with van der Waals surface area (Å²) < 4.78 is 15.3. The van der Waals surface area contributed by atoms with Crippen molar-refractivity contribution in [2.75, 3.05) is 21.3 Å². The van der Waals surface area contributed by atoms with Gasteiger partial charge in [-0.15, -0.1) is 0 Å². The van der Waals surface area contributed by atoms with Gasteiger partial charge in [0.1, 0.15) is 0 Å². The SMILES string of the molecule is C=C(C)C(=O)C(CC([Si])OC)(OC)OC. The van der Waals surface area contributed by atoms with Crippen LogP contribution in [0.5, 0.6) is 0 Å². The normalized spacial score (nSPS) is 13.7. The number of hydrogen-bond donors (Lipinski definition) is 0. The predicted octanol–water partition coefficient (Wildman–Crippen LogP) is 0.652. The quantitative estimate of drug-likeness (QED) is 0.365. The second-order valence-corrected chi connectivity index (χ2v) is 3.84. The maximum atomic E-state index is 11.9. The van der Waals surface area contributed by atoms with Gasteiger partial charge in [-0.05, 0) is 12.5 Å². The van der Waals surface area contributed by atoms with E-state index in [-0.39, 0.29) is 17.9 Å². The molecule has 1 unspecified atom stereocenters. The zero-order valence-electron chi connectivity index (χ0n) is 9.62. The lowest BCUT2D eigenvalue weighted by molar-refractivity contribution is -0.212. The molecule has 85 valence electrons. The van der Waals surface area contributed by atoms with E-state index >= 15 is 0 Å². The summed E-state index contributed by atoms with van der Waals surface area (Å²) in [4.78, 5) is 11.9. The smallest absolute Gasteiger partial charge is 0.234 e. The van der Waals surface area contributed by atoms with Gasteiger partial charge < -0.3 is 14.2 Å². The number of ketones is 1. The van der Waals surface area contributed by atoms with E-state index in [9.17, 15) is 4.79 Å². The van der Waals surface area contributed by atoms with E-state index in [0.29, 0.717) is 5.57 Å². The van der Waals surface area contributed by atoms with Gasteiger partial charge >= 0.3 is 0 Å². The third kappa shape index (κ3) is 3.53. The minimum absolute atomic E-state index is 0.249. The highest BCUT2D eigenvalue weighted by Crippen LogP contribution is 2.23. The zero-order chi connectivity index (χ0) is 12.1. The van der Waals surface area contributed by atoms with E-state index in [1.165, 1.54) is 21.3 Å². The average molecular weight is 229 g/mol. The lowest BCUT2D eigenvalue weighted by Crippen LogP contribution is -2.46. The van der Waals surface area contributed by atoms with Gasteiger partial charge in [-0.2, -0.15) is 0 Å². The molecule has 0 N–H and O–H groups in total. The Morgan fingerprint density at radius 3 is 2.13 bits per heavy atom. The highest BCUT2D eigenvalue weighted by Gasteiger charge is 2.40. The molecule has 0 aliphatic carbocycles. The van der Waals surface area contributed by atoms with Crippen molar-refractivity contribution in [3.63, 3.8) is 0 Å². The van der Waals surface area contributed by atoms with Gasteiger partial charge in [-0.25, -0.2) is 0 Å². The van der Waals surface area contributed by atoms with Gasteiger partial charge in [0.2, 0.25) is 11.6 Å². The van der Waals surface area contributed by atoms with Gasteiger partial charge in [0.15, 0.2) is 0 Å². The molecular weight excluding hydrogens is 212 g/mol. The molecule has 3 radical (unpaired) electrons. The van der Waals surface area contributed by atoms with Crippen LogP contribution in [0, 0.1) is 0 Å². The minimum atomic E-state index is -1.33. The molecule has 1 atom stereocenters. The minimum Gasteiger partial charge on any atom is -0.386 e. The van der Waals surface area contributed by atoms with Crippen LogP contribution in [0.15, 0.2) is 12.2 Å². The van der Waals surface area contributed by atoms with E-state index in [1.54, 1.807) is 6.92 Å². The molecule has 0 spiro atoms. The summed E-state index contributed by atoms with van der Waals surface area (Å²) in [5, 5.41) is 0. The van der Waals surface area contributed by atoms with Crippen LogP contribution < -0.4 is 0 Å². The van der Waals surface area contributed by atoms with Crippen LogP contribution in [0.2, 0.25) is 0 Å². The highest BCUT2D eigenvalue weighted by atomic mass is 28.1. The molecule has 0 aliphatic rings. The Labute approximate surface area is 94.0 Å². The Morgan fingerprint density at radius 2 is 1.87 bits per heavy atom. The van der Waals surface area contributed by atoms with Crippen LogP contribution in [0.4, 0.5) is 0 Å². The summed E-state index contributed by atoms with van der Waals surface area (Å²) in [7, 11) is 7.66. The molecule has 0 fully saturated rings. The molecule has 0 bridgehead atoms. The van der Waals surface area contributed by atoms with Gasteiger partial charge in [0.05, 0.1) is 10.2 Å². The first kappa shape index (κ1) is 14.5. The summed E-state index contributed by atoms with van der Waals surface area (Å²) >= 11 is 0. The molecule has 5 heteroatoms. The fourth-order valence-electron chi connectivity index (χ4n) is 1.18. The fourth-order valence-corrected chi connectivity index (χ4v) is 1.45. The van der Waals surface area contributed by atoms with Crippen molar-refractivity contribution in [1.29, 1.82) is 0 Å². The molecule has 0 aromatic carbocycles. The topological polar surface area (TPSA) is 44.8 Å². The van der Waals surface area contributed by atoms with Crippen LogP contribution in [-0.2, 0) is 19.0 Å². The van der Waals surface area contributed by atoms with Crippen LogP contribution in [0.3, 0.4) is 0 Å². The number of rotatable bonds is 7. The van der Waals surface area contributed by atoms with Crippen LogP contribution in [-0.4, -0.2) is 48.9 Å². The van der Waals surface area contributed by atoms with Gasteiger partial charge in [0, 0.05) is 33.5 Å². The molecule has 15 heavy (non-hydrogen) atoms. The van der Waals surface area contributed by atoms with Crippen molar-refractivity contribution in [2.24, 2.45) is 0 Å². The van der Waals surface area contributed by atoms with Crippen LogP contribution >= 0.6 is 0 Å². The van der Waals surface area contributed by atoms with E-state index in [2.05, 4.69) is 16.8 Å². The number of hydrogen-bond acceptors (Lipinski definition) is 4. The molecule has 0 aromatic rings. The molecule has 0 rings (SSSR count). The Balaban J connectivity index is 4.87. The Kier molecular flexibility index (Phi) is 5.97. The summed E-state index contributed by atoms with van der Waals surface area (Å²) in [6.45, 7) is 5.20. The van der Waals surface area contributed by atoms with E-state index in [0.717, 1.165) is 0 Å². The molecule has 0 aliphatic heterocycles. The largest absolute Gasteiger partial charge is 0.386 e. The van der Waals surface area contributed by atoms with Gasteiger partial charge in [-0.1, -0.05) is 6.58 Å². The number of ether oxygens (including phenoxy) is 3. The second-order valence-electron chi connectivity index (χ2n) is 3.20. The summed E-state index contributed by atoms with van der Waals surface area (Å²) in [6.07, 6.45) is 0.249. The molecular formula is C10H17O4Si. The van der Waals surface area contributed by atoms with Crippen molar-refractivity contribution in [3.8, 4) is 0 Å². The fraction of sp³-hybridized carbons (Fsp3) is 0.700. The number of methoxy groups -OCH3 is 3. The number of carbonyl (C=O) groups excluding carboxylic acids is 1. The molecule has 0 saturated heterocycles. The lowest BCUT2D eigenvalue weighted by atomic mass is 10.0. The monoisotopic (exact) mass is 229 g/mol. The van der Waals surface area contributed by atoms with Gasteiger partial charge in [0.25, 0.3) is 0 Å². The maximum Gasteiger partial charge on any atom is 0.234 e. The highest BCUT2D eigenvalue weighted by molar-refractivity contribution is 6.11. The third-order valence-electron chi connectivity index (χ3n) is 2.13. The van der Waals surface area contributed by atoms with Crippen molar-refractivity contribution < 1.29 is 19.0 Å². The maximum absolute atomic E-state index is 11.9. The lowest BCUT2D eigenvalue weighted by Gasteiger charge is -2.31. The molecule has 0 amide bonds. The first-order valence-electron chi connectivity index (χ1n) is 4.48. The van der Waals surface area contributed by atoms with Gasteiger partial charge in [-0.3, -0.25) is 4.79 Å². The first-order valence-corrected chi connectivity index (χ1v) is 5.05. The summed E-state index contributed by atoms with van der Waals surface area (Å²) in [5.74, 6) is -1.61. The van der Waals surface area contributed by atoms with E-state index < -0.39 is 5.79 Å². The Bertz CT molecular complexity index is 236. The molecule has 0 aromatic heterocycles. The molecule has 0 heterocycles. The number of carbonyl (C=O) groups is 1. The van der Waals surface area contributed by atoms with E-state index in [1.807, 2.05) is 0 Å². The summed E-state index contributed by atoms with van der Waals surface area (Å²) in [6, 6.07) is 0. The van der Waals surface area contributed by atoms with Crippen molar-refractivity contribution in [2.45, 2.75) is 24.9 Å². The van der Waals surface area contributed by atoms with Crippen LogP contribution in [0.1, 0.15) is 13.3 Å². The molecule has 4 nitrogen and oxygen atoms in total. The van der Waals surface area contributed by atoms with E-state index in [4.69, 9.17) is 14.2 Å². The summed E-state index contributed by atoms with van der Waals surface area (Å²) in [5.41, 5.74) is 0.0573. The van der Waals surface area contributed by atoms with Crippen molar-refractivity contribution in [1.82, 2.24) is 0 Å². The number of Topliss-reactive ketones (excluding diaryl/α,β-unsaturated/α-hetero) is 1. The van der Waals surface area contributed by atoms with Crippen molar-refractivity contribution >= 4 is 16.0 Å². The average Bonchev–Trinajstić information content (AvgIpc) is 2.24. The van der Waals surface area contributed by atoms with Crippen molar-refractivity contribution in [3.05, 3.63) is 12.2 Å². The standard InChI is InChI=1S/C10H17O4Si/c1-7(2)9(11)10(13-4,14-5)6-8(15)12-3/h8H,1,6H2,2-5H3.